The highest BCUT2D eigenvalue weighted by Crippen LogP contribution is 2.23. The van der Waals surface area contributed by atoms with Crippen LogP contribution in [0.3, 0.4) is 0 Å². The molecule has 0 spiro atoms. The number of benzene rings is 1. The van der Waals surface area contributed by atoms with Crippen molar-refractivity contribution >= 4 is 22.1 Å². The zero-order valence-corrected chi connectivity index (χ0v) is 32.5. The first-order valence-electron chi connectivity index (χ1n) is 20.1. The van der Waals surface area contributed by atoms with Gasteiger partial charge in [-0.15, -0.1) is 0 Å². The van der Waals surface area contributed by atoms with E-state index in [-0.39, 0.29) is 18.8 Å². The van der Waals surface area contributed by atoms with E-state index in [1.54, 1.807) is 0 Å². The average Bonchev–Trinajstić information content (AvgIpc) is 3.10. The van der Waals surface area contributed by atoms with E-state index in [0.29, 0.717) is 12.8 Å². The van der Waals surface area contributed by atoms with Crippen molar-refractivity contribution in [2.45, 2.75) is 186 Å². The summed E-state index contributed by atoms with van der Waals surface area (Å²) in [6, 6.07) is 3.73. The summed E-state index contributed by atoms with van der Waals surface area (Å²) in [4.78, 5) is 25.2. The molecule has 0 bridgehead atoms. The van der Waals surface area contributed by atoms with Crippen LogP contribution in [0.15, 0.2) is 47.4 Å². The maximum atomic E-state index is 13.0. The first-order valence-corrected chi connectivity index (χ1v) is 21.5. The standard InChI is InChI=1S/C42H70O7S/c1-3-5-7-9-11-13-15-17-19-21-23-25-27-29-31-36-48-41(43)38-34-33-35-39(50(45,46)47)40(38)42(44)49-37-32-30-28-26-24-22-20-18-16-14-12-10-8-6-4-2/h17-20,33-35H,3-16,21-32,36-37H2,1-2H3,(H,45,46,47)/b19-17+,20-18+. The smallest absolute Gasteiger partial charge is 0.340 e. The van der Waals surface area contributed by atoms with Crippen molar-refractivity contribution < 1.29 is 32.0 Å². The Morgan fingerprint density at radius 3 is 1.30 bits per heavy atom. The molecule has 0 aliphatic heterocycles. The zero-order chi connectivity index (χ0) is 36.5. The van der Waals surface area contributed by atoms with E-state index < -0.39 is 32.5 Å². The van der Waals surface area contributed by atoms with Gasteiger partial charge in [0.2, 0.25) is 0 Å². The highest BCUT2D eigenvalue weighted by atomic mass is 32.2. The van der Waals surface area contributed by atoms with Crippen LogP contribution < -0.4 is 0 Å². The van der Waals surface area contributed by atoms with Crippen LogP contribution in [-0.4, -0.2) is 38.1 Å². The minimum Gasteiger partial charge on any atom is -0.462 e. The van der Waals surface area contributed by atoms with Crippen molar-refractivity contribution in [3.05, 3.63) is 53.6 Å². The average molecular weight is 719 g/mol. The minimum atomic E-state index is -4.77. The van der Waals surface area contributed by atoms with E-state index in [0.717, 1.165) is 76.7 Å². The predicted octanol–water partition coefficient (Wildman–Crippen LogP) is 12.5. The molecule has 1 aromatic rings. The lowest BCUT2D eigenvalue weighted by molar-refractivity contribution is 0.0446. The van der Waals surface area contributed by atoms with E-state index in [1.165, 1.54) is 95.6 Å². The van der Waals surface area contributed by atoms with Crippen molar-refractivity contribution in [3.63, 3.8) is 0 Å². The number of hydrogen-bond acceptors (Lipinski definition) is 6. The number of allylic oxidation sites excluding steroid dienone is 4. The second kappa shape index (κ2) is 31.3. The fourth-order valence-electron chi connectivity index (χ4n) is 5.95. The molecule has 1 rings (SSSR count). The van der Waals surface area contributed by atoms with Crippen LogP contribution in [0.1, 0.15) is 202 Å². The second-order valence-corrected chi connectivity index (χ2v) is 15.0. The van der Waals surface area contributed by atoms with Crippen LogP contribution in [0.2, 0.25) is 0 Å². The Kier molecular flexibility index (Phi) is 28.5. The summed E-state index contributed by atoms with van der Waals surface area (Å²) in [6.45, 7) is 4.74. The van der Waals surface area contributed by atoms with Gasteiger partial charge in [-0.3, -0.25) is 4.55 Å². The van der Waals surface area contributed by atoms with E-state index in [1.807, 2.05) is 0 Å². The van der Waals surface area contributed by atoms with Gasteiger partial charge in [-0.2, -0.15) is 8.42 Å². The van der Waals surface area contributed by atoms with Gasteiger partial charge in [-0.25, -0.2) is 9.59 Å². The molecule has 50 heavy (non-hydrogen) atoms. The Labute approximate surface area is 305 Å². The van der Waals surface area contributed by atoms with Crippen LogP contribution >= 0.6 is 0 Å². The zero-order valence-electron chi connectivity index (χ0n) is 31.6. The normalized spacial score (nSPS) is 11.9. The number of rotatable bonds is 33. The Balaban J connectivity index is 2.32. The predicted molar refractivity (Wildman–Crippen MR) is 206 cm³/mol. The third-order valence-electron chi connectivity index (χ3n) is 9.01. The van der Waals surface area contributed by atoms with E-state index in [2.05, 4.69) is 38.2 Å². The maximum Gasteiger partial charge on any atom is 0.340 e. The summed E-state index contributed by atoms with van der Waals surface area (Å²) in [5.74, 6) is -1.76. The molecule has 0 aliphatic carbocycles. The van der Waals surface area contributed by atoms with E-state index in [9.17, 15) is 22.6 Å². The molecule has 0 heterocycles. The molecular formula is C42H70O7S. The van der Waals surface area contributed by atoms with Gasteiger partial charge in [0.1, 0.15) is 4.90 Å². The summed E-state index contributed by atoms with van der Waals surface area (Å²) in [5.41, 5.74) is -0.695. The molecule has 0 radical (unpaired) electrons. The van der Waals surface area contributed by atoms with Crippen LogP contribution in [0, 0.1) is 0 Å². The van der Waals surface area contributed by atoms with Gasteiger partial charge in [0.15, 0.2) is 0 Å². The molecule has 0 saturated heterocycles. The van der Waals surface area contributed by atoms with E-state index in [4.69, 9.17) is 9.47 Å². The van der Waals surface area contributed by atoms with Crippen molar-refractivity contribution in [1.82, 2.24) is 0 Å². The molecule has 0 aromatic heterocycles. The highest BCUT2D eigenvalue weighted by molar-refractivity contribution is 7.86. The van der Waals surface area contributed by atoms with Gasteiger partial charge in [-0.1, -0.05) is 147 Å². The molecule has 0 amide bonds. The maximum absolute atomic E-state index is 13.0. The van der Waals surface area contributed by atoms with Crippen molar-refractivity contribution in [3.8, 4) is 0 Å². The summed E-state index contributed by atoms with van der Waals surface area (Å²) in [7, 11) is -4.77. The molecule has 286 valence electrons. The number of carbonyl (C=O) groups is 2. The number of hydrogen-bond donors (Lipinski definition) is 1. The molecule has 1 aromatic carbocycles. The molecule has 8 heteroatoms. The molecule has 0 fully saturated rings. The van der Waals surface area contributed by atoms with Gasteiger partial charge >= 0.3 is 11.9 Å². The van der Waals surface area contributed by atoms with Gasteiger partial charge in [-0.05, 0) is 76.3 Å². The monoisotopic (exact) mass is 718 g/mol. The lowest BCUT2D eigenvalue weighted by Gasteiger charge is -2.13. The minimum absolute atomic E-state index is 0.0974. The topological polar surface area (TPSA) is 107 Å². The van der Waals surface area contributed by atoms with E-state index >= 15 is 0 Å². The molecular weight excluding hydrogens is 649 g/mol. The Bertz CT molecular complexity index is 1170. The first-order chi connectivity index (χ1) is 24.3. The number of unbranched alkanes of at least 4 members (excludes halogenated alkanes) is 22. The van der Waals surface area contributed by atoms with Crippen LogP contribution in [0.4, 0.5) is 0 Å². The van der Waals surface area contributed by atoms with Crippen molar-refractivity contribution in [2.24, 2.45) is 0 Å². The van der Waals surface area contributed by atoms with Crippen molar-refractivity contribution in [2.75, 3.05) is 13.2 Å². The van der Waals surface area contributed by atoms with Crippen LogP contribution in [0.25, 0.3) is 0 Å². The van der Waals surface area contributed by atoms with Crippen LogP contribution in [-0.2, 0) is 19.6 Å². The lowest BCUT2D eigenvalue weighted by atomic mass is 10.1. The van der Waals surface area contributed by atoms with Crippen LogP contribution in [0.5, 0.6) is 0 Å². The number of esters is 2. The SMILES string of the molecule is CCCCCCCC/C=C/CCCCCCCOC(=O)c1cccc(S(=O)(=O)O)c1C(=O)OCCCCCCC/C=C/CCCCCCCC. The third kappa shape index (κ3) is 23.9. The summed E-state index contributed by atoms with van der Waals surface area (Å²) < 4.78 is 44.6. The fourth-order valence-corrected chi connectivity index (χ4v) is 6.65. The molecule has 0 saturated carbocycles. The molecule has 0 aliphatic rings. The molecule has 0 unspecified atom stereocenters. The number of carbonyl (C=O) groups excluding carboxylic acids is 2. The molecule has 1 N–H and O–H groups in total. The van der Waals surface area contributed by atoms with Gasteiger partial charge < -0.3 is 9.47 Å². The Morgan fingerprint density at radius 2 is 0.900 bits per heavy atom. The second-order valence-electron chi connectivity index (χ2n) is 13.6. The Hall–Kier alpha value is -2.45. The first kappa shape index (κ1) is 45.6. The van der Waals surface area contributed by atoms with Gasteiger partial charge in [0.05, 0.1) is 24.3 Å². The van der Waals surface area contributed by atoms with Gasteiger partial charge in [0.25, 0.3) is 10.1 Å². The lowest BCUT2D eigenvalue weighted by Crippen LogP contribution is -2.19. The highest BCUT2D eigenvalue weighted by Gasteiger charge is 2.28. The quantitative estimate of drug-likeness (QED) is 0.0333. The van der Waals surface area contributed by atoms with Crippen molar-refractivity contribution in [1.29, 1.82) is 0 Å². The summed E-state index contributed by atoms with van der Waals surface area (Å²) in [6.07, 6.45) is 39.1. The largest absolute Gasteiger partial charge is 0.462 e. The summed E-state index contributed by atoms with van der Waals surface area (Å²) >= 11 is 0. The van der Waals surface area contributed by atoms with Gasteiger partial charge in [0, 0.05) is 0 Å². The molecule has 7 nitrogen and oxygen atoms in total. The number of ether oxygens (including phenoxy) is 2. The fraction of sp³-hybridized carbons (Fsp3) is 0.714. The molecule has 0 atom stereocenters. The third-order valence-corrected chi connectivity index (χ3v) is 9.90. The Morgan fingerprint density at radius 1 is 0.540 bits per heavy atom. The summed E-state index contributed by atoms with van der Waals surface area (Å²) in [5, 5.41) is 0.